The second-order valence-electron chi connectivity index (χ2n) is 1.52. The Bertz CT molecular complexity index is 58.7. The second-order valence-corrected chi connectivity index (χ2v) is 1.52. The van der Waals surface area contributed by atoms with Crippen molar-refractivity contribution in [3.05, 3.63) is 0 Å². The molecule has 0 radical (unpaired) electrons. The maximum atomic E-state index is 11.3. The van der Waals surface area contributed by atoms with Crippen molar-refractivity contribution < 1.29 is 13.5 Å². The Hall–Kier alpha value is -0.180. The van der Waals surface area contributed by atoms with Crippen molar-refractivity contribution in [1.29, 1.82) is 0 Å². The summed E-state index contributed by atoms with van der Waals surface area (Å²) in [7, 11) is 0. The lowest BCUT2D eigenvalue weighted by atomic mass is 10.4. The number of hydrogen-bond acceptors (Lipinski definition) is 1. The number of halogens is 2. The smallest absolute Gasteiger partial charge is 0.118 e. The lowest BCUT2D eigenvalue weighted by Gasteiger charge is -1.73. The Kier molecular flexibility index (Phi) is 1.23. The van der Waals surface area contributed by atoms with E-state index in [-0.39, 0.29) is 0 Å². The van der Waals surface area contributed by atoms with Crippen LogP contribution >= 0.6 is 0 Å². The van der Waals surface area contributed by atoms with E-state index in [0.717, 1.165) is 0 Å². The summed E-state index contributed by atoms with van der Waals surface area (Å²) < 4.78 is 27.1. The highest BCUT2D eigenvalue weighted by molar-refractivity contribution is 4.82. The van der Waals surface area contributed by atoms with Crippen molar-refractivity contribution in [2.45, 2.75) is 12.2 Å². The molecule has 0 aliphatic carbocycles. The molecule has 0 aromatic carbocycles. The van der Waals surface area contributed by atoms with E-state index in [1.54, 1.807) is 0 Å². The summed E-state index contributed by atoms with van der Waals surface area (Å²) in [5, 5.41) is 0. The maximum Gasteiger partial charge on any atom is 0.118 e. The number of alkyl halides is 2. The topological polar surface area (TPSA) is 12.5 Å². The lowest BCUT2D eigenvalue weighted by molar-refractivity contribution is 0.310. The third-order valence-corrected chi connectivity index (χ3v) is 0.992. The first-order chi connectivity index (χ1) is 3.38. The van der Waals surface area contributed by atoms with Crippen LogP contribution in [0.1, 0.15) is 0 Å². The zero-order valence-electron chi connectivity index (χ0n) is 3.73. The van der Waals surface area contributed by atoms with Crippen molar-refractivity contribution >= 4 is 0 Å². The predicted octanol–water partition coefficient (Wildman–Crippen LogP) is 0.693. The van der Waals surface area contributed by atoms with Crippen LogP contribution in [-0.4, -0.2) is 25.6 Å². The van der Waals surface area contributed by atoms with Gasteiger partial charge in [-0.2, -0.15) is 0 Å². The van der Waals surface area contributed by atoms with Gasteiger partial charge in [-0.25, -0.2) is 8.78 Å². The Morgan fingerprint density at radius 2 is 1.57 bits per heavy atom. The van der Waals surface area contributed by atoms with Crippen LogP contribution < -0.4 is 0 Å². The molecule has 0 N–H and O–H groups in total. The van der Waals surface area contributed by atoms with Crippen LogP contribution in [0.3, 0.4) is 0 Å². The van der Waals surface area contributed by atoms with Crippen LogP contribution in [0.5, 0.6) is 0 Å². The Labute approximate surface area is 40.3 Å². The van der Waals surface area contributed by atoms with Crippen molar-refractivity contribution in [3.8, 4) is 0 Å². The fraction of sp³-hybridized carbons (Fsp3) is 1.00. The molecule has 1 fully saturated rings. The van der Waals surface area contributed by atoms with Crippen molar-refractivity contribution in [2.24, 2.45) is 0 Å². The normalized spacial score (nSPS) is 38.6. The van der Waals surface area contributed by atoms with Crippen LogP contribution in [0, 0.1) is 0 Å². The molecule has 1 saturated heterocycles. The van der Waals surface area contributed by atoms with Crippen LogP contribution in [0.2, 0.25) is 0 Å². The molecule has 1 heterocycles. The summed E-state index contributed by atoms with van der Waals surface area (Å²) in [4.78, 5) is 0. The molecular weight excluding hydrogens is 102 g/mol. The maximum absolute atomic E-state index is 11.3. The van der Waals surface area contributed by atoms with Crippen LogP contribution in [0.25, 0.3) is 0 Å². The molecule has 1 aliphatic heterocycles. The monoisotopic (exact) mass is 108 g/mol. The van der Waals surface area contributed by atoms with E-state index in [2.05, 4.69) is 4.74 Å². The first-order valence-corrected chi connectivity index (χ1v) is 2.16. The fourth-order valence-electron chi connectivity index (χ4n) is 0.451. The third kappa shape index (κ3) is 0.881. The van der Waals surface area contributed by atoms with E-state index in [1.165, 1.54) is 0 Å². The molecule has 7 heavy (non-hydrogen) atoms. The molecule has 1 rings (SSSR count). The molecule has 0 aromatic heterocycles. The predicted molar refractivity (Wildman–Crippen MR) is 20.6 cm³/mol. The van der Waals surface area contributed by atoms with Gasteiger partial charge in [0.1, 0.15) is 25.6 Å². The molecule has 3 heteroatoms. The molecule has 0 unspecified atom stereocenters. The van der Waals surface area contributed by atoms with Gasteiger partial charge in [0.05, 0.1) is 0 Å². The average Bonchev–Trinajstić information content (AvgIpc) is 2.43. The quantitative estimate of drug-likeness (QED) is 0.474. The van der Waals surface area contributed by atoms with Gasteiger partial charge in [0.25, 0.3) is 0 Å². The molecule has 0 amide bonds. The average molecular weight is 108 g/mol. The van der Waals surface area contributed by atoms with Crippen LogP contribution in [0.15, 0.2) is 0 Å². The van der Waals surface area contributed by atoms with E-state index in [0.29, 0.717) is 0 Å². The first kappa shape index (κ1) is 4.97. The summed E-state index contributed by atoms with van der Waals surface area (Å²) >= 11 is 0. The van der Waals surface area contributed by atoms with Gasteiger partial charge >= 0.3 is 0 Å². The standard InChI is InChI=1S/C4H6F2O/c5-1-3-4(2-6)7-3/h3-4H,1-2H2/t3-,4+. The minimum absolute atomic E-state index is 0.426. The summed E-state index contributed by atoms with van der Waals surface area (Å²) in [5.74, 6) is 0. The number of hydrogen-bond donors (Lipinski definition) is 0. The van der Waals surface area contributed by atoms with E-state index in [1.807, 2.05) is 0 Å². The van der Waals surface area contributed by atoms with Crippen molar-refractivity contribution in [3.63, 3.8) is 0 Å². The summed E-state index contributed by atoms with van der Waals surface area (Å²) in [6.45, 7) is -1.09. The van der Waals surface area contributed by atoms with E-state index in [9.17, 15) is 8.78 Å². The van der Waals surface area contributed by atoms with Gasteiger partial charge in [-0.15, -0.1) is 0 Å². The fourth-order valence-corrected chi connectivity index (χ4v) is 0.451. The zero-order chi connectivity index (χ0) is 5.28. The Morgan fingerprint density at radius 1 is 1.14 bits per heavy atom. The van der Waals surface area contributed by atoms with Crippen molar-refractivity contribution in [2.75, 3.05) is 13.3 Å². The minimum atomic E-state index is -0.547. The molecule has 1 nitrogen and oxygen atoms in total. The zero-order valence-corrected chi connectivity index (χ0v) is 3.73. The van der Waals surface area contributed by atoms with Crippen LogP contribution in [-0.2, 0) is 4.74 Å². The van der Waals surface area contributed by atoms with E-state index in [4.69, 9.17) is 0 Å². The highest BCUT2D eigenvalue weighted by Gasteiger charge is 2.38. The van der Waals surface area contributed by atoms with Gasteiger partial charge in [0.2, 0.25) is 0 Å². The van der Waals surface area contributed by atoms with Gasteiger partial charge in [-0.1, -0.05) is 0 Å². The van der Waals surface area contributed by atoms with Gasteiger partial charge in [-0.05, 0) is 0 Å². The summed E-state index contributed by atoms with van der Waals surface area (Å²) in [6.07, 6.45) is -0.852. The molecule has 0 saturated carbocycles. The third-order valence-electron chi connectivity index (χ3n) is 0.992. The Balaban J connectivity index is 2.06. The van der Waals surface area contributed by atoms with Crippen LogP contribution in [0.4, 0.5) is 8.78 Å². The van der Waals surface area contributed by atoms with Crippen molar-refractivity contribution in [1.82, 2.24) is 0 Å². The molecule has 2 atom stereocenters. The number of epoxide rings is 1. The van der Waals surface area contributed by atoms with Gasteiger partial charge in [0.15, 0.2) is 0 Å². The Morgan fingerprint density at radius 3 is 1.71 bits per heavy atom. The molecule has 0 aromatic rings. The van der Waals surface area contributed by atoms with Gasteiger partial charge < -0.3 is 4.74 Å². The molecule has 0 spiro atoms. The van der Waals surface area contributed by atoms with Gasteiger partial charge in [-0.3, -0.25) is 0 Å². The SMILES string of the molecule is FC[C@@H]1O[C@@H]1CF. The summed E-state index contributed by atoms with van der Waals surface area (Å²) in [5.41, 5.74) is 0. The number of rotatable bonds is 2. The number of ether oxygens (including phenoxy) is 1. The molecular formula is C4H6F2O. The lowest BCUT2D eigenvalue weighted by Crippen LogP contribution is -1.96. The van der Waals surface area contributed by atoms with E-state index < -0.39 is 25.6 Å². The second kappa shape index (κ2) is 1.74. The van der Waals surface area contributed by atoms with E-state index >= 15 is 0 Å². The minimum Gasteiger partial charge on any atom is -0.364 e. The first-order valence-electron chi connectivity index (χ1n) is 2.16. The molecule has 0 bridgehead atoms. The highest BCUT2D eigenvalue weighted by atomic mass is 19.1. The summed E-state index contributed by atoms with van der Waals surface area (Å²) in [6, 6.07) is 0. The molecule has 42 valence electrons. The largest absolute Gasteiger partial charge is 0.364 e. The highest BCUT2D eigenvalue weighted by Crippen LogP contribution is 2.21. The van der Waals surface area contributed by atoms with Gasteiger partial charge in [0, 0.05) is 0 Å². The molecule has 1 aliphatic rings.